The number of ether oxygens (including phenoxy) is 1. The van der Waals surface area contributed by atoms with Crippen molar-refractivity contribution >= 4 is 11.3 Å². The van der Waals surface area contributed by atoms with E-state index in [1.54, 1.807) is 11.3 Å². The van der Waals surface area contributed by atoms with E-state index in [-0.39, 0.29) is 0 Å². The third-order valence-electron chi connectivity index (χ3n) is 3.26. The summed E-state index contributed by atoms with van der Waals surface area (Å²) in [5.74, 6) is 0.684. The number of aromatic nitrogens is 1. The fourth-order valence-corrected chi connectivity index (χ4v) is 2.82. The molecule has 0 radical (unpaired) electrons. The van der Waals surface area contributed by atoms with Gasteiger partial charge in [-0.15, -0.1) is 11.3 Å². The van der Waals surface area contributed by atoms with Gasteiger partial charge in [-0.05, 0) is 25.8 Å². The minimum atomic E-state index is 0.391. The summed E-state index contributed by atoms with van der Waals surface area (Å²) in [6.07, 6.45) is 2.62. The summed E-state index contributed by atoms with van der Waals surface area (Å²) in [5, 5.41) is 3.39. The maximum atomic E-state index is 5.94. The lowest BCUT2D eigenvalue weighted by Gasteiger charge is -2.29. The topological polar surface area (TPSA) is 34.1 Å². The molecule has 1 saturated heterocycles. The van der Waals surface area contributed by atoms with Gasteiger partial charge < -0.3 is 10.1 Å². The molecule has 16 heavy (non-hydrogen) atoms. The van der Waals surface area contributed by atoms with Gasteiger partial charge in [-0.2, -0.15) is 0 Å². The Morgan fingerprint density at radius 3 is 3.19 bits per heavy atom. The third-order valence-corrected chi connectivity index (χ3v) is 4.26. The molecule has 0 amide bonds. The lowest BCUT2D eigenvalue weighted by Crippen LogP contribution is -2.41. The van der Waals surface area contributed by atoms with Gasteiger partial charge in [0.25, 0.3) is 0 Å². The maximum Gasteiger partial charge on any atom is 0.0797 e. The minimum absolute atomic E-state index is 0.391. The van der Waals surface area contributed by atoms with Crippen LogP contribution in [-0.2, 0) is 11.2 Å². The normalized spacial score (nSPS) is 25.9. The van der Waals surface area contributed by atoms with Crippen molar-refractivity contribution in [2.24, 2.45) is 5.92 Å². The highest BCUT2D eigenvalue weighted by Gasteiger charge is 2.21. The zero-order valence-corrected chi connectivity index (χ0v) is 10.8. The summed E-state index contributed by atoms with van der Waals surface area (Å²) in [5.41, 5.74) is 3.07. The van der Waals surface area contributed by atoms with Gasteiger partial charge in [-0.25, -0.2) is 4.98 Å². The molecule has 2 heterocycles. The van der Waals surface area contributed by atoms with Gasteiger partial charge in [0.2, 0.25) is 0 Å². The van der Waals surface area contributed by atoms with Crippen molar-refractivity contribution < 1.29 is 4.74 Å². The largest absolute Gasteiger partial charge is 0.376 e. The second-order valence-corrected chi connectivity index (χ2v) is 5.43. The summed E-state index contributed by atoms with van der Waals surface area (Å²) < 4.78 is 5.94. The molecule has 1 fully saturated rings. The van der Waals surface area contributed by atoms with Gasteiger partial charge in [0.15, 0.2) is 0 Å². The molecular weight excluding hydrogens is 220 g/mol. The highest BCUT2D eigenvalue weighted by molar-refractivity contribution is 7.09. The zero-order valence-electron chi connectivity index (χ0n) is 10.0. The van der Waals surface area contributed by atoms with Crippen molar-refractivity contribution in [2.45, 2.75) is 32.8 Å². The van der Waals surface area contributed by atoms with Crippen LogP contribution in [0, 0.1) is 12.8 Å². The number of piperidine rings is 1. The van der Waals surface area contributed by atoms with E-state index in [4.69, 9.17) is 4.74 Å². The fourth-order valence-electron chi connectivity index (χ4n) is 2.05. The summed E-state index contributed by atoms with van der Waals surface area (Å²) in [4.78, 5) is 5.61. The van der Waals surface area contributed by atoms with Crippen LogP contribution in [0.4, 0.5) is 0 Å². The number of nitrogens with one attached hydrogen (secondary N) is 1. The Balaban J connectivity index is 1.73. The van der Waals surface area contributed by atoms with Crippen LogP contribution in [0.1, 0.15) is 23.9 Å². The standard InChI is InChI=1S/C12H20N2OS/c1-9-3-5-13-7-11(9)15-6-4-12-10(2)14-8-16-12/h8-9,11,13H,3-7H2,1-2H3. The molecule has 0 aliphatic carbocycles. The average molecular weight is 240 g/mol. The molecule has 1 N–H and O–H groups in total. The van der Waals surface area contributed by atoms with Crippen molar-refractivity contribution in [3.05, 3.63) is 16.1 Å². The molecule has 1 aliphatic rings. The van der Waals surface area contributed by atoms with E-state index in [2.05, 4.69) is 24.1 Å². The van der Waals surface area contributed by atoms with Gasteiger partial charge in [0, 0.05) is 17.8 Å². The van der Waals surface area contributed by atoms with Crippen LogP contribution < -0.4 is 5.32 Å². The predicted molar refractivity (Wildman–Crippen MR) is 66.9 cm³/mol. The van der Waals surface area contributed by atoms with Gasteiger partial charge in [-0.3, -0.25) is 0 Å². The molecule has 1 aromatic rings. The number of hydrogen-bond donors (Lipinski definition) is 1. The number of nitrogens with zero attached hydrogens (tertiary/aromatic N) is 1. The Hall–Kier alpha value is -0.450. The lowest BCUT2D eigenvalue weighted by molar-refractivity contribution is 0.00594. The molecule has 4 heteroatoms. The van der Waals surface area contributed by atoms with Crippen molar-refractivity contribution in [3.63, 3.8) is 0 Å². The molecule has 2 rings (SSSR count). The highest BCUT2D eigenvalue weighted by Crippen LogP contribution is 2.17. The summed E-state index contributed by atoms with van der Waals surface area (Å²) in [6.45, 7) is 7.30. The molecule has 0 aromatic carbocycles. The summed E-state index contributed by atoms with van der Waals surface area (Å²) >= 11 is 1.73. The van der Waals surface area contributed by atoms with Crippen LogP contribution in [0.15, 0.2) is 5.51 Å². The predicted octanol–water partition coefficient (Wildman–Crippen LogP) is 2.01. The van der Waals surface area contributed by atoms with Crippen LogP contribution >= 0.6 is 11.3 Å². The first-order valence-corrected chi connectivity index (χ1v) is 6.86. The molecule has 1 aliphatic heterocycles. The Labute approximate surface area is 101 Å². The first kappa shape index (κ1) is 12.0. The third kappa shape index (κ3) is 3.03. The molecule has 90 valence electrons. The van der Waals surface area contributed by atoms with Crippen LogP contribution in [0.5, 0.6) is 0 Å². The number of hydrogen-bond acceptors (Lipinski definition) is 4. The molecule has 0 saturated carbocycles. The fraction of sp³-hybridized carbons (Fsp3) is 0.750. The first-order chi connectivity index (χ1) is 7.77. The van der Waals surface area contributed by atoms with Crippen molar-refractivity contribution in [1.82, 2.24) is 10.3 Å². The van der Waals surface area contributed by atoms with Crippen LogP contribution in [0.3, 0.4) is 0 Å². The van der Waals surface area contributed by atoms with Gasteiger partial charge >= 0.3 is 0 Å². The first-order valence-electron chi connectivity index (χ1n) is 5.98. The average Bonchev–Trinajstić information content (AvgIpc) is 2.67. The second kappa shape index (κ2) is 5.75. The number of aryl methyl sites for hydroxylation is 1. The van der Waals surface area contributed by atoms with E-state index in [0.717, 1.165) is 31.8 Å². The summed E-state index contributed by atoms with van der Waals surface area (Å²) in [7, 11) is 0. The van der Waals surface area contributed by atoms with E-state index in [9.17, 15) is 0 Å². The smallest absolute Gasteiger partial charge is 0.0797 e. The monoisotopic (exact) mass is 240 g/mol. The molecule has 0 spiro atoms. The Morgan fingerprint density at radius 2 is 2.50 bits per heavy atom. The quantitative estimate of drug-likeness (QED) is 0.874. The molecule has 0 bridgehead atoms. The van der Waals surface area contributed by atoms with Crippen molar-refractivity contribution in [1.29, 1.82) is 0 Å². The van der Waals surface area contributed by atoms with Crippen LogP contribution in [0.25, 0.3) is 0 Å². The van der Waals surface area contributed by atoms with E-state index < -0.39 is 0 Å². The molecule has 2 unspecified atom stereocenters. The molecule has 3 nitrogen and oxygen atoms in total. The van der Waals surface area contributed by atoms with Gasteiger partial charge in [0.1, 0.15) is 0 Å². The molecular formula is C12H20N2OS. The Kier molecular flexibility index (Phi) is 4.32. The number of rotatable bonds is 4. The maximum absolute atomic E-state index is 5.94. The van der Waals surface area contributed by atoms with E-state index in [1.165, 1.54) is 11.3 Å². The lowest BCUT2D eigenvalue weighted by atomic mass is 9.97. The van der Waals surface area contributed by atoms with E-state index in [0.29, 0.717) is 12.0 Å². The van der Waals surface area contributed by atoms with E-state index in [1.807, 2.05) is 5.51 Å². The summed E-state index contributed by atoms with van der Waals surface area (Å²) in [6, 6.07) is 0. The minimum Gasteiger partial charge on any atom is -0.376 e. The van der Waals surface area contributed by atoms with Gasteiger partial charge in [0.05, 0.1) is 23.9 Å². The number of thiazole rings is 1. The molecule has 2 atom stereocenters. The Bertz CT molecular complexity index is 327. The van der Waals surface area contributed by atoms with Crippen molar-refractivity contribution in [2.75, 3.05) is 19.7 Å². The SMILES string of the molecule is Cc1ncsc1CCOC1CNCCC1C. The van der Waals surface area contributed by atoms with Crippen molar-refractivity contribution in [3.8, 4) is 0 Å². The van der Waals surface area contributed by atoms with Crippen LogP contribution in [0.2, 0.25) is 0 Å². The highest BCUT2D eigenvalue weighted by atomic mass is 32.1. The van der Waals surface area contributed by atoms with Gasteiger partial charge in [-0.1, -0.05) is 6.92 Å². The zero-order chi connectivity index (χ0) is 11.4. The Morgan fingerprint density at radius 1 is 1.62 bits per heavy atom. The molecule has 1 aromatic heterocycles. The van der Waals surface area contributed by atoms with Crippen LogP contribution in [-0.4, -0.2) is 30.8 Å². The van der Waals surface area contributed by atoms with E-state index >= 15 is 0 Å². The second-order valence-electron chi connectivity index (χ2n) is 4.49.